The van der Waals surface area contributed by atoms with Crippen LogP contribution >= 0.6 is 0 Å². The van der Waals surface area contributed by atoms with E-state index in [4.69, 9.17) is 0 Å². The van der Waals surface area contributed by atoms with E-state index in [1.807, 2.05) is 12.1 Å². The molecule has 1 amide bonds. The Kier molecular flexibility index (Phi) is 4.70. The minimum atomic E-state index is 0.0615. The van der Waals surface area contributed by atoms with Gasteiger partial charge in [0.2, 0.25) is 5.91 Å². The van der Waals surface area contributed by atoms with Crippen molar-refractivity contribution in [3.8, 4) is 0 Å². The number of nitrogens with zero attached hydrogens (tertiary/aromatic N) is 2. The molecule has 0 saturated carbocycles. The minimum absolute atomic E-state index is 0.0615. The van der Waals surface area contributed by atoms with Crippen molar-refractivity contribution in [3.05, 3.63) is 47.8 Å². The summed E-state index contributed by atoms with van der Waals surface area (Å²) in [5.74, 6) is 0.0615. The molecule has 23 heavy (non-hydrogen) atoms. The van der Waals surface area contributed by atoms with Crippen LogP contribution in [0, 0.1) is 13.8 Å². The van der Waals surface area contributed by atoms with E-state index in [0.29, 0.717) is 6.42 Å². The Morgan fingerprint density at radius 3 is 2.22 bits per heavy atom. The Morgan fingerprint density at radius 1 is 1.00 bits per heavy atom. The van der Waals surface area contributed by atoms with Gasteiger partial charge in [0, 0.05) is 48.8 Å². The van der Waals surface area contributed by atoms with Crippen LogP contribution in [-0.2, 0) is 11.3 Å². The van der Waals surface area contributed by atoms with E-state index in [2.05, 4.69) is 52.9 Å². The summed E-state index contributed by atoms with van der Waals surface area (Å²) in [5, 5.41) is 2.99. The lowest BCUT2D eigenvalue weighted by atomic mass is 10.2. The van der Waals surface area contributed by atoms with Crippen LogP contribution in [0.4, 0.5) is 11.4 Å². The van der Waals surface area contributed by atoms with Gasteiger partial charge in [0.05, 0.1) is 0 Å². The third-order valence-electron chi connectivity index (χ3n) is 4.60. The van der Waals surface area contributed by atoms with Gasteiger partial charge in [-0.15, -0.1) is 0 Å². The summed E-state index contributed by atoms with van der Waals surface area (Å²) in [6.07, 6.45) is 3.04. The molecule has 2 heterocycles. The summed E-state index contributed by atoms with van der Waals surface area (Å²) in [4.78, 5) is 14.5. The lowest BCUT2D eigenvalue weighted by Crippen LogP contribution is -2.18. The van der Waals surface area contributed by atoms with Crippen LogP contribution in [0.15, 0.2) is 36.4 Å². The fourth-order valence-electron chi connectivity index (χ4n) is 3.22. The van der Waals surface area contributed by atoms with Gasteiger partial charge in [0.25, 0.3) is 0 Å². The first-order valence-corrected chi connectivity index (χ1v) is 8.41. The maximum atomic E-state index is 12.1. The van der Waals surface area contributed by atoms with Crippen molar-refractivity contribution in [2.45, 2.75) is 39.7 Å². The highest BCUT2D eigenvalue weighted by Crippen LogP contribution is 2.22. The van der Waals surface area contributed by atoms with Crippen molar-refractivity contribution in [3.63, 3.8) is 0 Å². The van der Waals surface area contributed by atoms with Crippen LogP contribution in [0.2, 0.25) is 0 Å². The Labute approximate surface area is 138 Å². The number of carbonyl (C=O) groups is 1. The number of hydrogen-bond donors (Lipinski definition) is 1. The highest BCUT2D eigenvalue weighted by Gasteiger charge is 2.12. The number of benzene rings is 1. The van der Waals surface area contributed by atoms with Crippen LogP contribution in [0.1, 0.15) is 30.7 Å². The highest BCUT2D eigenvalue weighted by molar-refractivity contribution is 5.90. The second-order valence-corrected chi connectivity index (χ2v) is 6.31. The SMILES string of the molecule is Cc1ccc(C)n1CCC(=O)Nc1ccc(N2CCCC2)cc1. The third-order valence-corrected chi connectivity index (χ3v) is 4.60. The molecule has 2 aromatic rings. The summed E-state index contributed by atoms with van der Waals surface area (Å²) in [7, 11) is 0. The zero-order valence-corrected chi connectivity index (χ0v) is 14.0. The van der Waals surface area contributed by atoms with E-state index in [9.17, 15) is 4.79 Å². The molecule has 1 fully saturated rings. The highest BCUT2D eigenvalue weighted by atomic mass is 16.1. The van der Waals surface area contributed by atoms with Gasteiger partial charge in [-0.1, -0.05) is 0 Å². The second-order valence-electron chi connectivity index (χ2n) is 6.31. The van der Waals surface area contributed by atoms with Gasteiger partial charge in [-0.2, -0.15) is 0 Å². The molecule has 0 aliphatic carbocycles. The first-order chi connectivity index (χ1) is 11.1. The average molecular weight is 311 g/mol. The van der Waals surface area contributed by atoms with Gasteiger partial charge in [0.15, 0.2) is 0 Å². The van der Waals surface area contributed by atoms with Crippen molar-refractivity contribution in [2.24, 2.45) is 0 Å². The summed E-state index contributed by atoms with van der Waals surface area (Å²) in [5.41, 5.74) is 4.52. The van der Waals surface area contributed by atoms with Gasteiger partial charge in [-0.25, -0.2) is 0 Å². The molecule has 1 N–H and O–H groups in total. The zero-order chi connectivity index (χ0) is 16.2. The predicted octanol–water partition coefficient (Wildman–Crippen LogP) is 3.73. The van der Waals surface area contributed by atoms with Gasteiger partial charge in [-0.3, -0.25) is 4.79 Å². The molecule has 1 aliphatic heterocycles. The number of hydrogen-bond acceptors (Lipinski definition) is 2. The Hall–Kier alpha value is -2.23. The van der Waals surface area contributed by atoms with E-state index < -0.39 is 0 Å². The molecule has 1 aromatic carbocycles. The topological polar surface area (TPSA) is 37.3 Å². The molecule has 0 spiro atoms. The molecular weight excluding hydrogens is 286 g/mol. The third kappa shape index (κ3) is 3.76. The van der Waals surface area contributed by atoms with Gasteiger partial charge < -0.3 is 14.8 Å². The first kappa shape index (κ1) is 15.7. The molecule has 0 radical (unpaired) electrons. The average Bonchev–Trinajstić information content (AvgIpc) is 3.17. The maximum Gasteiger partial charge on any atom is 0.226 e. The number of anilines is 2. The van der Waals surface area contributed by atoms with Crippen molar-refractivity contribution in [1.82, 2.24) is 4.57 Å². The molecule has 0 atom stereocenters. The second kappa shape index (κ2) is 6.90. The number of rotatable bonds is 5. The Bertz CT molecular complexity index is 647. The van der Waals surface area contributed by atoms with E-state index in [0.717, 1.165) is 25.3 Å². The molecule has 4 heteroatoms. The molecule has 1 aromatic heterocycles. The standard InChI is InChI=1S/C19H25N3O/c1-15-5-6-16(2)22(15)14-11-19(23)20-17-7-9-18(10-8-17)21-12-3-4-13-21/h5-10H,3-4,11-14H2,1-2H3,(H,20,23). The fraction of sp³-hybridized carbons (Fsp3) is 0.421. The Morgan fingerprint density at radius 2 is 1.61 bits per heavy atom. The van der Waals surface area contributed by atoms with E-state index in [1.165, 1.54) is 29.9 Å². The summed E-state index contributed by atoms with van der Waals surface area (Å²) in [6.45, 7) is 7.15. The van der Waals surface area contributed by atoms with Gasteiger partial charge in [-0.05, 0) is 63.1 Å². The number of nitrogens with one attached hydrogen (secondary N) is 1. The van der Waals surface area contributed by atoms with Crippen LogP contribution < -0.4 is 10.2 Å². The fourth-order valence-corrected chi connectivity index (χ4v) is 3.22. The predicted molar refractivity (Wildman–Crippen MR) is 95.0 cm³/mol. The lowest BCUT2D eigenvalue weighted by Gasteiger charge is -2.17. The van der Waals surface area contributed by atoms with Crippen LogP contribution in [0.3, 0.4) is 0 Å². The van der Waals surface area contributed by atoms with Crippen molar-refractivity contribution in [1.29, 1.82) is 0 Å². The summed E-state index contributed by atoms with van der Waals surface area (Å²) in [6, 6.07) is 12.4. The van der Waals surface area contributed by atoms with Crippen LogP contribution in [-0.4, -0.2) is 23.6 Å². The Balaban J connectivity index is 1.53. The number of aromatic nitrogens is 1. The lowest BCUT2D eigenvalue weighted by molar-refractivity contribution is -0.116. The first-order valence-electron chi connectivity index (χ1n) is 8.41. The monoisotopic (exact) mass is 311 g/mol. The number of aryl methyl sites for hydroxylation is 2. The van der Waals surface area contributed by atoms with Gasteiger partial charge >= 0.3 is 0 Å². The normalized spacial score (nSPS) is 14.3. The molecule has 3 rings (SSSR count). The molecule has 4 nitrogen and oxygen atoms in total. The smallest absolute Gasteiger partial charge is 0.226 e. The van der Waals surface area contributed by atoms with E-state index >= 15 is 0 Å². The molecular formula is C19H25N3O. The molecule has 122 valence electrons. The summed E-state index contributed by atoms with van der Waals surface area (Å²) >= 11 is 0. The molecule has 1 aliphatic rings. The largest absolute Gasteiger partial charge is 0.372 e. The zero-order valence-electron chi connectivity index (χ0n) is 14.0. The summed E-state index contributed by atoms with van der Waals surface area (Å²) < 4.78 is 2.18. The molecule has 1 saturated heterocycles. The van der Waals surface area contributed by atoms with Crippen LogP contribution in [0.5, 0.6) is 0 Å². The maximum absolute atomic E-state index is 12.1. The van der Waals surface area contributed by atoms with E-state index in [1.54, 1.807) is 0 Å². The number of carbonyl (C=O) groups excluding carboxylic acids is 1. The number of amides is 1. The van der Waals surface area contributed by atoms with E-state index in [-0.39, 0.29) is 5.91 Å². The molecule has 0 unspecified atom stereocenters. The minimum Gasteiger partial charge on any atom is -0.372 e. The van der Waals surface area contributed by atoms with Crippen LogP contribution in [0.25, 0.3) is 0 Å². The van der Waals surface area contributed by atoms with Gasteiger partial charge in [0.1, 0.15) is 0 Å². The van der Waals surface area contributed by atoms with Crippen molar-refractivity contribution in [2.75, 3.05) is 23.3 Å². The van der Waals surface area contributed by atoms with Crippen molar-refractivity contribution < 1.29 is 4.79 Å². The molecule has 0 bridgehead atoms. The quantitative estimate of drug-likeness (QED) is 0.913. The van der Waals surface area contributed by atoms with Crippen molar-refractivity contribution >= 4 is 17.3 Å².